The third-order valence-electron chi connectivity index (χ3n) is 4.31. The summed E-state index contributed by atoms with van der Waals surface area (Å²) in [5.74, 6) is 1.14. The van der Waals surface area contributed by atoms with Crippen LogP contribution in [0.1, 0.15) is 39.2 Å². The Bertz CT molecular complexity index is 464. The summed E-state index contributed by atoms with van der Waals surface area (Å²) in [5, 5.41) is 3.20. The molecular weight excluding hydrogens is 272 g/mol. The Balaban J connectivity index is 2.70. The first kappa shape index (κ1) is 18.5. The van der Waals surface area contributed by atoms with Crippen molar-refractivity contribution in [3.8, 4) is 0 Å². The third-order valence-corrected chi connectivity index (χ3v) is 4.31. The number of guanidine groups is 1. The number of likely N-dealkylation sites (N-methyl/N-ethyl adjacent to an activating group) is 1. The lowest BCUT2D eigenvalue weighted by Gasteiger charge is -2.30. The van der Waals surface area contributed by atoms with Crippen molar-refractivity contribution in [3.63, 3.8) is 0 Å². The molecular formula is C18H32N4. The molecule has 0 heterocycles. The van der Waals surface area contributed by atoms with Gasteiger partial charge in [0.25, 0.3) is 0 Å². The van der Waals surface area contributed by atoms with Crippen molar-refractivity contribution < 1.29 is 0 Å². The average Bonchev–Trinajstić information content (AvgIpc) is 2.51. The van der Waals surface area contributed by atoms with Crippen molar-refractivity contribution in [1.29, 1.82) is 0 Å². The van der Waals surface area contributed by atoms with E-state index in [1.807, 2.05) is 12.1 Å². The molecule has 4 heteroatoms. The minimum atomic E-state index is 0.428. The normalized spacial score (nSPS) is 13.7. The van der Waals surface area contributed by atoms with Crippen molar-refractivity contribution >= 4 is 11.6 Å². The zero-order valence-corrected chi connectivity index (χ0v) is 14.8. The van der Waals surface area contributed by atoms with Crippen molar-refractivity contribution in [1.82, 2.24) is 4.90 Å². The fourth-order valence-electron chi connectivity index (χ4n) is 2.82. The Hall–Kier alpha value is -1.55. The van der Waals surface area contributed by atoms with E-state index in [1.165, 1.54) is 18.4 Å². The van der Waals surface area contributed by atoms with E-state index < -0.39 is 0 Å². The van der Waals surface area contributed by atoms with Crippen LogP contribution in [0.5, 0.6) is 0 Å². The summed E-state index contributed by atoms with van der Waals surface area (Å²) in [6, 6.07) is 8.73. The van der Waals surface area contributed by atoms with Gasteiger partial charge in [0.15, 0.2) is 5.96 Å². The molecule has 0 aliphatic heterocycles. The highest BCUT2D eigenvalue weighted by atomic mass is 15.1. The van der Waals surface area contributed by atoms with Gasteiger partial charge in [0.05, 0.1) is 6.54 Å². The molecule has 0 saturated heterocycles. The van der Waals surface area contributed by atoms with Crippen LogP contribution in [0.3, 0.4) is 0 Å². The van der Waals surface area contributed by atoms with Gasteiger partial charge in [-0.25, -0.2) is 0 Å². The number of benzene rings is 1. The predicted octanol–water partition coefficient (Wildman–Crippen LogP) is 3.34. The molecule has 0 bridgehead atoms. The molecule has 0 amide bonds. The van der Waals surface area contributed by atoms with Crippen LogP contribution in [0.15, 0.2) is 29.3 Å². The fraction of sp³-hybridized carbons (Fsp3) is 0.611. The maximum atomic E-state index is 6.05. The minimum Gasteiger partial charge on any atom is -0.370 e. The fourth-order valence-corrected chi connectivity index (χ4v) is 2.82. The number of rotatable bonds is 8. The van der Waals surface area contributed by atoms with E-state index in [9.17, 15) is 0 Å². The molecule has 22 heavy (non-hydrogen) atoms. The van der Waals surface area contributed by atoms with Gasteiger partial charge in [-0.1, -0.05) is 45.7 Å². The molecule has 0 spiro atoms. The number of anilines is 1. The minimum absolute atomic E-state index is 0.428. The molecule has 1 unspecified atom stereocenters. The zero-order valence-electron chi connectivity index (χ0n) is 14.8. The summed E-state index contributed by atoms with van der Waals surface area (Å²) in [5.41, 5.74) is 8.35. The SMILES string of the molecule is CCc1cccc(NC(N)=NCC(C(CC)CC)N(C)C)c1. The average molecular weight is 304 g/mol. The second-order valence-corrected chi connectivity index (χ2v) is 6.01. The second-order valence-electron chi connectivity index (χ2n) is 6.01. The number of aliphatic imine (C=N–C) groups is 1. The third kappa shape index (κ3) is 5.68. The largest absolute Gasteiger partial charge is 0.370 e. The van der Waals surface area contributed by atoms with Gasteiger partial charge in [-0.05, 0) is 44.1 Å². The lowest BCUT2D eigenvalue weighted by atomic mass is 9.93. The molecule has 124 valence electrons. The summed E-state index contributed by atoms with van der Waals surface area (Å²) in [4.78, 5) is 6.81. The van der Waals surface area contributed by atoms with Crippen LogP contribution >= 0.6 is 0 Å². The van der Waals surface area contributed by atoms with E-state index in [2.05, 4.69) is 62.2 Å². The standard InChI is InChI=1S/C18H32N4/c1-6-14-10-9-11-16(12-14)21-18(19)20-13-17(22(4)5)15(7-2)8-3/h9-12,15,17H,6-8,13H2,1-5H3,(H3,19,20,21). The number of hydrogen-bond acceptors (Lipinski definition) is 2. The maximum absolute atomic E-state index is 6.05. The highest BCUT2D eigenvalue weighted by molar-refractivity contribution is 5.92. The first-order valence-corrected chi connectivity index (χ1v) is 8.34. The van der Waals surface area contributed by atoms with E-state index in [1.54, 1.807) is 0 Å². The Morgan fingerprint density at radius 2 is 1.91 bits per heavy atom. The predicted molar refractivity (Wildman–Crippen MR) is 97.5 cm³/mol. The van der Waals surface area contributed by atoms with Gasteiger partial charge in [-0.2, -0.15) is 0 Å². The Morgan fingerprint density at radius 3 is 2.45 bits per heavy atom. The molecule has 1 aromatic carbocycles. The van der Waals surface area contributed by atoms with Crippen molar-refractivity contribution in [2.24, 2.45) is 16.6 Å². The molecule has 0 aromatic heterocycles. The molecule has 0 aliphatic carbocycles. The summed E-state index contributed by atoms with van der Waals surface area (Å²) in [6.45, 7) is 7.36. The molecule has 0 radical (unpaired) electrons. The van der Waals surface area contributed by atoms with Gasteiger partial charge < -0.3 is 16.0 Å². The number of nitrogens with two attached hydrogens (primary N) is 1. The van der Waals surface area contributed by atoms with Crippen LogP contribution in [0.2, 0.25) is 0 Å². The number of nitrogens with one attached hydrogen (secondary N) is 1. The number of hydrogen-bond donors (Lipinski definition) is 2. The van der Waals surface area contributed by atoms with Gasteiger partial charge in [0.1, 0.15) is 0 Å². The highest BCUT2D eigenvalue weighted by Gasteiger charge is 2.20. The number of nitrogens with zero attached hydrogens (tertiary/aromatic N) is 2. The van der Waals surface area contributed by atoms with Crippen LogP contribution in [0.25, 0.3) is 0 Å². The molecule has 1 aromatic rings. The van der Waals surface area contributed by atoms with E-state index in [0.29, 0.717) is 17.9 Å². The van der Waals surface area contributed by atoms with E-state index in [0.717, 1.165) is 18.7 Å². The Labute approximate surface area is 135 Å². The molecule has 1 atom stereocenters. The second kappa shape index (κ2) is 9.46. The van der Waals surface area contributed by atoms with Crippen LogP contribution in [-0.2, 0) is 6.42 Å². The molecule has 3 N–H and O–H groups in total. The van der Waals surface area contributed by atoms with Crippen LogP contribution in [0.4, 0.5) is 5.69 Å². The quantitative estimate of drug-likeness (QED) is 0.572. The zero-order chi connectivity index (χ0) is 16.5. The summed E-state index contributed by atoms with van der Waals surface area (Å²) < 4.78 is 0. The van der Waals surface area contributed by atoms with E-state index in [-0.39, 0.29) is 0 Å². The van der Waals surface area contributed by atoms with Crippen molar-refractivity contribution in [2.45, 2.75) is 46.1 Å². The lowest BCUT2D eigenvalue weighted by molar-refractivity contribution is 0.206. The molecule has 0 fully saturated rings. The van der Waals surface area contributed by atoms with Gasteiger partial charge in [0.2, 0.25) is 0 Å². The summed E-state index contributed by atoms with van der Waals surface area (Å²) in [7, 11) is 4.24. The Morgan fingerprint density at radius 1 is 1.23 bits per heavy atom. The van der Waals surface area contributed by atoms with Crippen molar-refractivity contribution in [2.75, 3.05) is 26.0 Å². The van der Waals surface area contributed by atoms with Gasteiger partial charge >= 0.3 is 0 Å². The molecule has 1 rings (SSSR count). The maximum Gasteiger partial charge on any atom is 0.193 e. The van der Waals surface area contributed by atoms with Crippen LogP contribution < -0.4 is 11.1 Å². The molecule has 4 nitrogen and oxygen atoms in total. The Kier molecular flexibility index (Phi) is 7.96. The highest BCUT2D eigenvalue weighted by Crippen LogP contribution is 2.17. The molecule has 0 saturated carbocycles. The summed E-state index contributed by atoms with van der Waals surface area (Å²) >= 11 is 0. The van der Waals surface area contributed by atoms with E-state index in [4.69, 9.17) is 5.73 Å². The number of aryl methyl sites for hydroxylation is 1. The first-order chi connectivity index (χ1) is 10.5. The lowest BCUT2D eigenvalue weighted by Crippen LogP contribution is -2.38. The topological polar surface area (TPSA) is 53.6 Å². The van der Waals surface area contributed by atoms with Gasteiger partial charge in [-0.15, -0.1) is 0 Å². The van der Waals surface area contributed by atoms with Crippen LogP contribution in [0, 0.1) is 5.92 Å². The summed E-state index contributed by atoms with van der Waals surface area (Å²) in [6.07, 6.45) is 3.35. The van der Waals surface area contributed by atoms with E-state index >= 15 is 0 Å². The smallest absolute Gasteiger partial charge is 0.193 e. The first-order valence-electron chi connectivity index (χ1n) is 8.34. The van der Waals surface area contributed by atoms with Gasteiger partial charge in [0, 0.05) is 11.7 Å². The van der Waals surface area contributed by atoms with Crippen LogP contribution in [-0.4, -0.2) is 37.5 Å². The molecule has 0 aliphatic rings. The van der Waals surface area contributed by atoms with Crippen molar-refractivity contribution in [3.05, 3.63) is 29.8 Å². The monoisotopic (exact) mass is 304 g/mol. The van der Waals surface area contributed by atoms with Gasteiger partial charge in [-0.3, -0.25) is 4.99 Å².